The number of nitrogens with one attached hydrogen (secondary N) is 3. The van der Waals surface area contributed by atoms with Crippen molar-refractivity contribution in [2.45, 2.75) is 122 Å². The van der Waals surface area contributed by atoms with Gasteiger partial charge in [-0.1, -0.05) is 19.8 Å². The summed E-state index contributed by atoms with van der Waals surface area (Å²) < 4.78 is 16.6. The van der Waals surface area contributed by atoms with Gasteiger partial charge in [0.15, 0.2) is 5.82 Å². The van der Waals surface area contributed by atoms with Crippen LogP contribution in [-0.4, -0.2) is 84.4 Å². The van der Waals surface area contributed by atoms with Crippen LogP contribution in [0.2, 0.25) is 0 Å². The first kappa shape index (κ1) is 36.7. The Bertz CT molecular complexity index is 1550. The van der Waals surface area contributed by atoms with Crippen LogP contribution in [0.5, 0.6) is 5.75 Å². The number of hydrogen-bond acceptors (Lipinski definition) is 11. The van der Waals surface area contributed by atoms with E-state index in [2.05, 4.69) is 25.8 Å². The molecule has 5 rings (SSSR count). The number of nitrogens with zero attached hydrogens (tertiary/aromatic N) is 4. The van der Waals surface area contributed by atoms with Crippen LogP contribution in [0.15, 0.2) is 24.4 Å². The standard InChI is InChI=1S/C36H51N7O7/c1-7-27-32(45)42(5)28-21-38-34(41-30(28)43(27)23-12-8-9-13-23)39-25-17-16-22(20-29(25)48-6)31(44)37-19-18-26(40-35(47)50-36(2,3)4)33(46)49-24-14-10-11-15-24/h16-17,20-21,23-24,26-27H,7-15,18-19H2,1-6H3,(H,37,44)(H,40,47)(H,38,39,41)/t26-,27+/m0/s1. The maximum atomic E-state index is 13.2. The molecule has 3 N–H and O–H groups in total. The molecule has 0 unspecified atom stereocenters. The fraction of sp³-hybridized carbons (Fsp3) is 0.611. The quantitative estimate of drug-likeness (QED) is 0.249. The number of amides is 3. The van der Waals surface area contributed by atoms with Crippen molar-refractivity contribution in [3.8, 4) is 5.75 Å². The van der Waals surface area contributed by atoms with Crippen LogP contribution in [-0.2, 0) is 19.1 Å². The maximum absolute atomic E-state index is 13.2. The minimum absolute atomic E-state index is 0.0468. The molecule has 50 heavy (non-hydrogen) atoms. The molecular formula is C36H51N7O7. The number of fused-ring (bicyclic) bond motifs is 1. The van der Waals surface area contributed by atoms with Crippen LogP contribution in [0.25, 0.3) is 0 Å². The summed E-state index contributed by atoms with van der Waals surface area (Å²) in [7, 11) is 3.27. The summed E-state index contributed by atoms with van der Waals surface area (Å²) >= 11 is 0. The largest absolute Gasteiger partial charge is 0.495 e. The molecule has 2 atom stereocenters. The number of alkyl carbamates (subject to hydrolysis) is 1. The third-order valence-corrected chi connectivity index (χ3v) is 9.40. The second-order valence-electron chi connectivity index (χ2n) is 14.2. The van der Waals surface area contributed by atoms with Gasteiger partial charge in [0.25, 0.3) is 5.91 Å². The summed E-state index contributed by atoms with van der Waals surface area (Å²) in [5.74, 6) is 0.581. The fourth-order valence-electron chi connectivity index (χ4n) is 6.88. The average molecular weight is 694 g/mol. The van der Waals surface area contributed by atoms with Gasteiger partial charge in [0.1, 0.15) is 35.2 Å². The molecule has 1 aliphatic heterocycles. The number of likely N-dealkylation sites (N-methyl/N-ethyl adjacent to an activating group) is 1. The number of benzene rings is 1. The second-order valence-corrected chi connectivity index (χ2v) is 14.2. The van der Waals surface area contributed by atoms with Gasteiger partial charge >= 0.3 is 12.1 Å². The van der Waals surface area contributed by atoms with Crippen LogP contribution in [0.3, 0.4) is 0 Å². The van der Waals surface area contributed by atoms with Gasteiger partial charge in [0.05, 0.1) is 19.0 Å². The average Bonchev–Trinajstić information content (AvgIpc) is 3.80. The zero-order valence-electron chi connectivity index (χ0n) is 30.0. The van der Waals surface area contributed by atoms with E-state index < -0.39 is 23.7 Å². The van der Waals surface area contributed by atoms with Gasteiger partial charge in [-0.25, -0.2) is 14.6 Å². The summed E-state index contributed by atoms with van der Waals surface area (Å²) in [6.07, 6.45) is 9.41. The molecule has 14 nitrogen and oxygen atoms in total. The smallest absolute Gasteiger partial charge is 0.408 e. The van der Waals surface area contributed by atoms with Crippen molar-refractivity contribution in [2.75, 3.05) is 35.8 Å². The van der Waals surface area contributed by atoms with Crippen molar-refractivity contribution in [1.82, 2.24) is 20.6 Å². The number of hydrogen-bond donors (Lipinski definition) is 3. The molecule has 2 fully saturated rings. The van der Waals surface area contributed by atoms with Crippen LogP contribution in [0.1, 0.15) is 102 Å². The van der Waals surface area contributed by atoms with Crippen molar-refractivity contribution in [3.05, 3.63) is 30.0 Å². The number of carbonyl (C=O) groups is 4. The van der Waals surface area contributed by atoms with Crippen LogP contribution < -0.4 is 30.5 Å². The monoisotopic (exact) mass is 693 g/mol. The van der Waals surface area contributed by atoms with Crippen molar-refractivity contribution < 1.29 is 33.4 Å². The maximum Gasteiger partial charge on any atom is 0.408 e. The lowest BCUT2D eigenvalue weighted by atomic mass is 10.0. The van der Waals surface area contributed by atoms with E-state index in [9.17, 15) is 19.2 Å². The molecular weight excluding hydrogens is 642 g/mol. The molecule has 1 aromatic heterocycles. The fourth-order valence-corrected chi connectivity index (χ4v) is 6.88. The van der Waals surface area contributed by atoms with E-state index in [1.54, 1.807) is 57.1 Å². The van der Waals surface area contributed by atoms with Crippen molar-refractivity contribution in [1.29, 1.82) is 0 Å². The van der Waals surface area contributed by atoms with E-state index in [1.807, 2.05) is 6.92 Å². The number of rotatable bonds is 12. The predicted molar refractivity (Wildman–Crippen MR) is 189 cm³/mol. The Balaban J connectivity index is 1.25. The summed E-state index contributed by atoms with van der Waals surface area (Å²) in [5.41, 5.74) is 0.823. The number of anilines is 4. The first-order chi connectivity index (χ1) is 23.9. The number of esters is 1. The molecule has 272 valence electrons. The minimum atomic E-state index is -0.987. The highest BCUT2D eigenvalue weighted by Crippen LogP contribution is 2.40. The van der Waals surface area contributed by atoms with Crippen LogP contribution >= 0.6 is 0 Å². The van der Waals surface area contributed by atoms with Gasteiger partial charge in [-0.05, 0) is 90.3 Å². The molecule has 0 radical (unpaired) electrons. The Morgan fingerprint density at radius 2 is 1.76 bits per heavy atom. The summed E-state index contributed by atoms with van der Waals surface area (Å²) in [4.78, 5) is 65.1. The van der Waals surface area contributed by atoms with Crippen LogP contribution in [0, 0.1) is 0 Å². The van der Waals surface area contributed by atoms with Crippen molar-refractivity contribution in [2.24, 2.45) is 0 Å². The van der Waals surface area contributed by atoms with Gasteiger partial charge in [0.2, 0.25) is 11.9 Å². The van der Waals surface area contributed by atoms with Gasteiger partial charge < -0.3 is 40.0 Å². The zero-order valence-corrected chi connectivity index (χ0v) is 30.0. The third kappa shape index (κ3) is 8.75. The Hall–Kier alpha value is -4.62. The first-order valence-electron chi connectivity index (χ1n) is 17.7. The van der Waals surface area contributed by atoms with E-state index in [0.717, 1.165) is 57.2 Å². The number of ether oxygens (including phenoxy) is 3. The first-order valence-corrected chi connectivity index (χ1v) is 17.7. The normalized spacial score (nSPS) is 18.8. The highest BCUT2D eigenvalue weighted by molar-refractivity contribution is 6.04. The Morgan fingerprint density at radius 1 is 1.06 bits per heavy atom. The van der Waals surface area contributed by atoms with Gasteiger partial charge in [-0.15, -0.1) is 0 Å². The van der Waals surface area contributed by atoms with E-state index in [4.69, 9.17) is 19.2 Å². The molecule has 0 spiro atoms. The van der Waals surface area contributed by atoms with E-state index in [0.29, 0.717) is 35.1 Å². The lowest BCUT2D eigenvalue weighted by Crippen LogP contribution is -2.55. The molecule has 2 heterocycles. The van der Waals surface area contributed by atoms with Crippen LogP contribution in [0.4, 0.5) is 27.9 Å². The highest BCUT2D eigenvalue weighted by atomic mass is 16.6. The van der Waals surface area contributed by atoms with E-state index in [1.165, 1.54) is 7.11 Å². The predicted octanol–water partition coefficient (Wildman–Crippen LogP) is 5.23. The molecule has 2 aliphatic carbocycles. The second kappa shape index (κ2) is 15.9. The number of carbonyl (C=O) groups excluding carboxylic acids is 4. The molecule has 1 aromatic carbocycles. The molecule has 3 amide bonds. The van der Waals surface area contributed by atoms with E-state index >= 15 is 0 Å². The lowest BCUT2D eigenvalue weighted by Gasteiger charge is -2.43. The Kier molecular flexibility index (Phi) is 11.7. The van der Waals surface area contributed by atoms with Gasteiger partial charge in [-0.3, -0.25) is 9.59 Å². The minimum Gasteiger partial charge on any atom is -0.495 e. The topological polar surface area (TPSA) is 164 Å². The Labute approximate surface area is 294 Å². The SMILES string of the molecule is CC[C@@H]1C(=O)N(C)c2cnc(Nc3ccc(C(=O)NCC[C@H](NC(=O)OC(C)(C)C)C(=O)OC4CCCC4)cc3OC)nc2N1C1CCCC1. The highest BCUT2D eigenvalue weighted by Gasteiger charge is 2.41. The lowest BCUT2D eigenvalue weighted by molar-refractivity contribution is -0.151. The van der Waals surface area contributed by atoms with Gasteiger partial charge in [0, 0.05) is 25.2 Å². The third-order valence-electron chi connectivity index (χ3n) is 9.40. The molecule has 2 saturated carbocycles. The molecule has 2 aromatic rings. The van der Waals surface area contributed by atoms with Gasteiger partial charge in [-0.2, -0.15) is 4.98 Å². The van der Waals surface area contributed by atoms with E-state index in [-0.39, 0.29) is 43.0 Å². The zero-order chi connectivity index (χ0) is 36.0. The van der Waals surface area contributed by atoms with Crippen molar-refractivity contribution >= 4 is 47.0 Å². The molecule has 14 heteroatoms. The summed E-state index contributed by atoms with van der Waals surface area (Å²) in [6.45, 7) is 7.33. The molecule has 0 bridgehead atoms. The molecule has 3 aliphatic rings. The summed E-state index contributed by atoms with van der Waals surface area (Å²) in [5, 5.41) is 8.67. The van der Waals surface area contributed by atoms with Crippen molar-refractivity contribution in [3.63, 3.8) is 0 Å². The summed E-state index contributed by atoms with van der Waals surface area (Å²) in [6, 6.07) is 3.93. The number of methoxy groups -OCH3 is 1. The Morgan fingerprint density at radius 3 is 2.42 bits per heavy atom. The molecule has 0 saturated heterocycles. The number of aromatic nitrogens is 2.